The SMILES string of the molecule is O=C1CC(=O)N(c2ccc3c(c2)OCCO3)c2ccc3c(c2N1)CCCC3. The minimum Gasteiger partial charge on any atom is -0.486 e. The molecule has 1 aliphatic carbocycles. The van der Waals surface area contributed by atoms with E-state index in [4.69, 9.17) is 9.47 Å². The van der Waals surface area contributed by atoms with Crippen LogP contribution in [0.3, 0.4) is 0 Å². The number of carbonyl (C=O) groups is 2. The zero-order valence-electron chi connectivity index (χ0n) is 14.9. The number of amides is 2. The van der Waals surface area contributed by atoms with Gasteiger partial charge >= 0.3 is 0 Å². The van der Waals surface area contributed by atoms with Crippen LogP contribution in [0.4, 0.5) is 17.1 Å². The molecule has 0 unspecified atom stereocenters. The largest absolute Gasteiger partial charge is 0.486 e. The summed E-state index contributed by atoms with van der Waals surface area (Å²) in [5.41, 5.74) is 4.60. The highest BCUT2D eigenvalue weighted by Gasteiger charge is 2.31. The zero-order chi connectivity index (χ0) is 18.4. The van der Waals surface area contributed by atoms with E-state index in [1.165, 1.54) is 5.56 Å². The summed E-state index contributed by atoms with van der Waals surface area (Å²) in [4.78, 5) is 26.9. The Hall–Kier alpha value is -3.02. The lowest BCUT2D eigenvalue weighted by Crippen LogP contribution is -2.26. The summed E-state index contributed by atoms with van der Waals surface area (Å²) < 4.78 is 11.3. The molecular formula is C21H20N2O4. The van der Waals surface area contributed by atoms with Crippen LogP contribution in [0.15, 0.2) is 30.3 Å². The second kappa shape index (κ2) is 6.30. The molecule has 0 saturated heterocycles. The Bertz CT molecular complexity index is 953. The minimum atomic E-state index is -0.264. The average Bonchev–Trinajstić information content (AvgIpc) is 2.82. The molecule has 6 heteroatoms. The molecule has 1 N–H and O–H groups in total. The molecule has 2 aliphatic heterocycles. The summed E-state index contributed by atoms with van der Waals surface area (Å²) in [6.07, 6.45) is 4.00. The highest BCUT2D eigenvalue weighted by atomic mass is 16.6. The Kier molecular flexibility index (Phi) is 3.77. The first-order valence-corrected chi connectivity index (χ1v) is 9.38. The van der Waals surface area contributed by atoms with Crippen molar-refractivity contribution < 1.29 is 19.1 Å². The Balaban J connectivity index is 1.66. The second-order valence-electron chi connectivity index (χ2n) is 7.09. The number of benzene rings is 2. The number of anilines is 3. The molecular weight excluding hydrogens is 344 g/mol. The number of ether oxygens (including phenoxy) is 2. The number of nitrogens with zero attached hydrogens (tertiary/aromatic N) is 1. The van der Waals surface area contributed by atoms with Crippen LogP contribution in [-0.2, 0) is 22.4 Å². The molecule has 0 spiro atoms. The fraction of sp³-hybridized carbons (Fsp3) is 0.333. The maximum Gasteiger partial charge on any atom is 0.241 e. The summed E-state index contributed by atoms with van der Waals surface area (Å²) in [5.74, 6) is 0.778. The summed E-state index contributed by atoms with van der Waals surface area (Å²) in [6.45, 7) is 0.997. The van der Waals surface area contributed by atoms with E-state index in [9.17, 15) is 9.59 Å². The Morgan fingerprint density at radius 3 is 2.63 bits per heavy atom. The van der Waals surface area contributed by atoms with Crippen molar-refractivity contribution in [3.05, 3.63) is 41.5 Å². The predicted octanol–water partition coefficient (Wildman–Crippen LogP) is 3.34. The lowest BCUT2D eigenvalue weighted by atomic mass is 9.89. The van der Waals surface area contributed by atoms with Gasteiger partial charge in [-0.25, -0.2) is 0 Å². The van der Waals surface area contributed by atoms with E-state index in [0.29, 0.717) is 30.4 Å². The van der Waals surface area contributed by atoms with Crippen LogP contribution in [0.25, 0.3) is 0 Å². The third-order valence-corrected chi connectivity index (χ3v) is 5.36. The van der Waals surface area contributed by atoms with Crippen LogP contribution < -0.4 is 19.7 Å². The van der Waals surface area contributed by atoms with Crippen LogP contribution in [0, 0.1) is 0 Å². The van der Waals surface area contributed by atoms with E-state index in [0.717, 1.165) is 42.6 Å². The first-order valence-electron chi connectivity index (χ1n) is 9.38. The zero-order valence-corrected chi connectivity index (χ0v) is 14.9. The van der Waals surface area contributed by atoms with Crippen molar-refractivity contribution >= 4 is 28.9 Å². The normalized spacial score (nSPS) is 18.3. The van der Waals surface area contributed by atoms with Crippen LogP contribution in [0.1, 0.15) is 30.4 Å². The molecule has 2 amide bonds. The molecule has 27 heavy (non-hydrogen) atoms. The van der Waals surface area contributed by atoms with Crippen molar-refractivity contribution in [2.45, 2.75) is 32.1 Å². The van der Waals surface area contributed by atoms with E-state index in [-0.39, 0.29) is 18.2 Å². The van der Waals surface area contributed by atoms with Crippen molar-refractivity contribution in [1.82, 2.24) is 0 Å². The van der Waals surface area contributed by atoms with Gasteiger partial charge in [-0.3, -0.25) is 14.5 Å². The lowest BCUT2D eigenvalue weighted by molar-refractivity contribution is -0.124. The van der Waals surface area contributed by atoms with E-state index in [1.807, 2.05) is 24.3 Å². The van der Waals surface area contributed by atoms with Gasteiger partial charge in [-0.15, -0.1) is 0 Å². The average molecular weight is 364 g/mol. The van der Waals surface area contributed by atoms with Gasteiger partial charge in [0, 0.05) is 6.07 Å². The van der Waals surface area contributed by atoms with Gasteiger partial charge in [0.15, 0.2) is 11.5 Å². The fourth-order valence-electron chi connectivity index (χ4n) is 4.13. The number of rotatable bonds is 1. The van der Waals surface area contributed by atoms with Crippen LogP contribution in [0.2, 0.25) is 0 Å². The van der Waals surface area contributed by atoms with Gasteiger partial charge in [0.2, 0.25) is 11.8 Å². The summed E-state index contributed by atoms with van der Waals surface area (Å²) in [7, 11) is 0. The maximum atomic E-state index is 12.9. The van der Waals surface area contributed by atoms with Crippen molar-refractivity contribution in [2.75, 3.05) is 23.4 Å². The van der Waals surface area contributed by atoms with E-state index >= 15 is 0 Å². The monoisotopic (exact) mass is 364 g/mol. The number of hydrogen-bond acceptors (Lipinski definition) is 4. The summed E-state index contributed by atoms with van der Waals surface area (Å²) >= 11 is 0. The van der Waals surface area contributed by atoms with Crippen molar-refractivity contribution in [1.29, 1.82) is 0 Å². The van der Waals surface area contributed by atoms with Crippen molar-refractivity contribution in [3.8, 4) is 11.5 Å². The number of carbonyl (C=O) groups excluding carboxylic acids is 2. The van der Waals surface area contributed by atoms with E-state index < -0.39 is 0 Å². The Labute approximate surface area is 157 Å². The summed E-state index contributed by atoms with van der Waals surface area (Å²) in [5, 5.41) is 2.99. The van der Waals surface area contributed by atoms with Crippen LogP contribution in [-0.4, -0.2) is 25.0 Å². The lowest BCUT2D eigenvalue weighted by Gasteiger charge is -2.27. The molecule has 2 aromatic carbocycles. The van der Waals surface area contributed by atoms with E-state index in [1.54, 1.807) is 4.90 Å². The molecule has 0 radical (unpaired) electrons. The van der Waals surface area contributed by atoms with Gasteiger partial charge in [-0.05, 0) is 55.0 Å². The molecule has 2 heterocycles. The second-order valence-corrected chi connectivity index (χ2v) is 7.09. The molecule has 0 fully saturated rings. The van der Waals surface area contributed by atoms with Crippen molar-refractivity contribution in [2.24, 2.45) is 0 Å². The Morgan fingerprint density at radius 2 is 1.74 bits per heavy atom. The fourth-order valence-corrected chi connectivity index (χ4v) is 4.13. The number of aryl methyl sites for hydroxylation is 1. The molecule has 2 aromatic rings. The van der Waals surface area contributed by atoms with Crippen molar-refractivity contribution in [3.63, 3.8) is 0 Å². The standard InChI is InChI=1S/C21H20N2O4/c24-19-12-20(25)23(14-6-8-17-18(11-14)27-10-9-26-17)16-7-5-13-3-1-2-4-15(13)21(16)22-19/h5-8,11H,1-4,9-10,12H2,(H,22,24). The first kappa shape index (κ1) is 16.2. The van der Waals surface area contributed by atoms with Gasteiger partial charge in [0.25, 0.3) is 0 Å². The molecule has 5 rings (SSSR count). The minimum absolute atomic E-state index is 0.183. The topological polar surface area (TPSA) is 67.9 Å². The molecule has 0 atom stereocenters. The highest BCUT2D eigenvalue weighted by Crippen LogP contribution is 2.43. The number of nitrogens with one attached hydrogen (secondary N) is 1. The molecule has 0 aromatic heterocycles. The quantitative estimate of drug-likeness (QED) is 0.788. The third-order valence-electron chi connectivity index (χ3n) is 5.36. The third kappa shape index (κ3) is 2.72. The van der Waals surface area contributed by atoms with E-state index in [2.05, 4.69) is 11.4 Å². The van der Waals surface area contributed by atoms with Gasteiger partial charge < -0.3 is 14.8 Å². The molecule has 3 aliphatic rings. The molecule has 0 bridgehead atoms. The van der Waals surface area contributed by atoms with Crippen LogP contribution >= 0.6 is 0 Å². The van der Waals surface area contributed by atoms with Crippen LogP contribution in [0.5, 0.6) is 11.5 Å². The smallest absolute Gasteiger partial charge is 0.241 e. The Morgan fingerprint density at radius 1 is 0.926 bits per heavy atom. The predicted molar refractivity (Wildman–Crippen MR) is 101 cm³/mol. The number of fused-ring (bicyclic) bond motifs is 4. The maximum absolute atomic E-state index is 12.9. The molecule has 6 nitrogen and oxygen atoms in total. The molecule has 138 valence electrons. The number of hydrogen-bond donors (Lipinski definition) is 1. The van der Waals surface area contributed by atoms with Gasteiger partial charge in [-0.2, -0.15) is 0 Å². The first-order chi connectivity index (χ1) is 13.2. The highest BCUT2D eigenvalue weighted by molar-refractivity contribution is 6.17. The van der Waals surface area contributed by atoms with Gasteiger partial charge in [0.1, 0.15) is 19.6 Å². The van der Waals surface area contributed by atoms with Gasteiger partial charge in [-0.1, -0.05) is 6.07 Å². The summed E-state index contributed by atoms with van der Waals surface area (Å²) in [6, 6.07) is 9.49. The van der Waals surface area contributed by atoms with Gasteiger partial charge in [0.05, 0.1) is 17.1 Å². The molecule has 0 saturated carbocycles.